The van der Waals surface area contributed by atoms with Crippen molar-refractivity contribution in [2.45, 2.75) is 32.1 Å². The van der Waals surface area contributed by atoms with Crippen molar-refractivity contribution in [1.82, 2.24) is 4.98 Å². The van der Waals surface area contributed by atoms with Crippen LogP contribution in [0.15, 0.2) is 16.7 Å². The topological polar surface area (TPSA) is 59.3 Å². The largest absolute Gasteiger partial charge is 0.354 e. The summed E-state index contributed by atoms with van der Waals surface area (Å²) in [5, 5.41) is 11.1. The van der Waals surface area contributed by atoms with Crippen LogP contribution in [0.25, 0.3) is 0 Å². The van der Waals surface area contributed by atoms with E-state index in [0.29, 0.717) is 16.2 Å². The van der Waals surface area contributed by atoms with E-state index in [9.17, 15) is 10.1 Å². The lowest BCUT2D eigenvalue weighted by atomic mass is 9.89. The molecule has 5 nitrogen and oxygen atoms in total. The van der Waals surface area contributed by atoms with Crippen molar-refractivity contribution >= 4 is 27.4 Å². The summed E-state index contributed by atoms with van der Waals surface area (Å²) in [4.78, 5) is 16.8. The molecule has 1 saturated carbocycles. The Kier molecular flexibility index (Phi) is 4.74. The Hall–Kier alpha value is -1.17. The van der Waals surface area contributed by atoms with Gasteiger partial charge < -0.3 is 4.90 Å². The van der Waals surface area contributed by atoms with Crippen molar-refractivity contribution in [1.29, 1.82) is 0 Å². The molecule has 0 aliphatic heterocycles. The molecule has 1 fully saturated rings. The first kappa shape index (κ1) is 14.2. The van der Waals surface area contributed by atoms with Gasteiger partial charge in [-0.3, -0.25) is 10.1 Å². The highest BCUT2D eigenvalue weighted by Crippen LogP contribution is 2.30. The number of hydrogen-bond acceptors (Lipinski definition) is 4. The minimum atomic E-state index is -0.371. The second kappa shape index (κ2) is 6.32. The summed E-state index contributed by atoms with van der Waals surface area (Å²) in [6, 6.07) is 1.51. The third-order valence-corrected chi connectivity index (χ3v) is 4.06. The molecule has 0 N–H and O–H groups in total. The first-order chi connectivity index (χ1) is 9.08. The Morgan fingerprint density at radius 3 is 2.79 bits per heavy atom. The SMILES string of the molecule is CN(CC1CCCCC1)c1ncc(Br)cc1[N+](=O)[O-]. The van der Waals surface area contributed by atoms with E-state index in [-0.39, 0.29) is 10.6 Å². The fourth-order valence-electron chi connectivity index (χ4n) is 2.69. The second-order valence-corrected chi connectivity index (χ2v) is 6.05. The van der Waals surface area contributed by atoms with Gasteiger partial charge in [0.05, 0.1) is 4.92 Å². The summed E-state index contributed by atoms with van der Waals surface area (Å²) in [6.45, 7) is 0.843. The summed E-state index contributed by atoms with van der Waals surface area (Å²) in [7, 11) is 1.89. The minimum Gasteiger partial charge on any atom is -0.354 e. The Morgan fingerprint density at radius 1 is 1.47 bits per heavy atom. The van der Waals surface area contributed by atoms with E-state index in [4.69, 9.17) is 0 Å². The molecule has 104 valence electrons. The average Bonchev–Trinajstić information content (AvgIpc) is 2.39. The lowest BCUT2D eigenvalue weighted by molar-refractivity contribution is -0.384. The fraction of sp³-hybridized carbons (Fsp3) is 0.615. The Morgan fingerprint density at radius 2 is 2.16 bits per heavy atom. The maximum Gasteiger partial charge on any atom is 0.312 e. The second-order valence-electron chi connectivity index (χ2n) is 5.14. The Labute approximate surface area is 121 Å². The van der Waals surface area contributed by atoms with Gasteiger partial charge in [-0.1, -0.05) is 19.3 Å². The predicted octanol–water partition coefficient (Wildman–Crippen LogP) is 3.77. The van der Waals surface area contributed by atoms with Gasteiger partial charge in [0, 0.05) is 30.3 Å². The first-order valence-corrected chi connectivity index (χ1v) is 7.38. The number of nitrogens with zero attached hydrogens (tertiary/aromatic N) is 3. The molecule has 0 atom stereocenters. The molecule has 1 aromatic heterocycles. The summed E-state index contributed by atoms with van der Waals surface area (Å²) < 4.78 is 0.633. The van der Waals surface area contributed by atoms with Crippen LogP contribution < -0.4 is 4.90 Å². The smallest absolute Gasteiger partial charge is 0.312 e. The van der Waals surface area contributed by atoms with E-state index >= 15 is 0 Å². The van der Waals surface area contributed by atoms with Crippen LogP contribution in [0.2, 0.25) is 0 Å². The zero-order valence-corrected chi connectivity index (χ0v) is 12.6. The first-order valence-electron chi connectivity index (χ1n) is 6.59. The highest BCUT2D eigenvalue weighted by atomic mass is 79.9. The molecule has 2 rings (SSSR count). The van der Waals surface area contributed by atoms with Gasteiger partial charge in [0.2, 0.25) is 5.82 Å². The van der Waals surface area contributed by atoms with Gasteiger partial charge >= 0.3 is 5.69 Å². The molecule has 1 aliphatic rings. The zero-order chi connectivity index (χ0) is 13.8. The molecule has 0 saturated heterocycles. The van der Waals surface area contributed by atoms with Crippen molar-refractivity contribution in [2.75, 3.05) is 18.5 Å². The van der Waals surface area contributed by atoms with Crippen LogP contribution in [0, 0.1) is 16.0 Å². The van der Waals surface area contributed by atoms with Crippen molar-refractivity contribution in [3.63, 3.8) is 0 Å². The van der Waals surface area contributed by atoms with Crippen LogP contribution in [0.3, 0.4) is 0 Å². The highest BCUT2D eigenvalue weighted by molar-refractivity contribution is 9.10. The average molecular weight is 328 g/mol. The number of halogens is 1. The maximum absolute atomic E-state index is 11.1. The van der Waals surface area contributed by atoms with Crippen molar-refractivity contribution in [3.05, 3.63) is 26.9 Å². The van der Waals surface area contributed by atoms with Gasteiger partial charge in [-0.2, -0.15) is 0 Å². The molecule has 0 bridgehead atoms. The minimum absolute atomic E-state index is 0.0627. The monoisotopic (exact) mass is 327 g/mol. The summed E-state index contributed by atoms with van der Waals surface area (Å²) >= 11 is 3.23. The summed E-state index contributed by atoms with van der Waals surface area (Å²) in [5.74, 6) is 1.09. The molecule has 1 aliphatic carbocycles. The molecule has 1 aromatic rings. The Balaban J connectivity index is 2.13. The van der Waals surface area contributed by atoms with Gasteiger partial charge in [0.25, 0.3) is 0 Å². The van der Waals surface area contributed by atoms with Crippen LogP contribution in [-0.4, -0.2) is 23.5 Å². The van der Waals surface area contributed by atoms with Crippen LogP contribution in [0.1, 0.15) is 32.1 Å². The van der Waals surface area contributed by atoms with E-state index in [2.05, 4.69) is 20.9 Å². The Bertz CT molecular complexity index is 461. The van der Waals surface area contributed by atoms with Crippen LogP contribution in [-0.2, 0) is 0 Å². The van der Waals surface area contributed by atoms with E-state index in [1.165, 1.54) is 38.2 Å². The zero-order valence-electron chi connectivity index (χ0n) is 11.0. The van der Waals surface area contributed by atoms with E-state index in [0.717, 1.165) is 6.54 Å². The van der Waals surface area contributed by atoms with E-state index in [1.807, 2.05) is 11.9 Å². The van der Waals surface area contributed by atoms with Crippen molar-refractivity contribution in [2.24, 2.45) is 5.92 Å². The lowest BCUT2D eigenvalue weighted by Gasteiger charge is -2.27. The number of rotatable bonds is 4. The van der Waals surface area contributed by atoms with Crippen molar-refractivity contribution < 1.29 is 4.92 Å². The molecular weight excluding hydrogens is 310 g/mol. The van der Waals surface area contributed by atoms with Gasteiger partial charge in [-0.25, -0.2) is 4.98 Å². The number of nitro groups is 1. The summed E-state index contributed by atoms with van der Waals surface area (Å²) in [5.41, 5.74) is 0.0627. The molecule has 1 heterocycles. The van der Waals surface area contributed by atoms with E-state index < -0.39 is 0 Å². The highest BCUT2D eigenvalue weighted by Gasteiger charge is 2.22. The van der Waals surface area contributed by atoms with Gasteiger partial charge in [0.15, 0.2) is 0 Å². The fourth-order valence-corrected chi connectivity index (χ4v) is 3.01. The van der Waals surface area contributed by atoms with Crippen LogP contribution in [0.5, 0.6) is 0 Å². The molecule has 6 heteroatoms. The summed E-state index contributed by atoms with van der Waals surface area (Å²) in [6.07, 6.45) is 7.91. The van der Waals surface area contributed by atoms with Gasteiger partial charge in [-0.05, 0) is 34.7 Å². The number of pyridine rings is 1. The van der Waals surface area contributed by atoms with E-state index in [1.54, 1.807) is 6.20 Å². The van der Waals surface area contributed by atoms with Gasteiger partial charge in [-0.15, -0.1) is 0 Å². The molecule has 0 aromatic carbocycles. The number of anilines is 1. The quantitative estimate of drug-likeness (QED) is 0.623. The van der Waals surface area contributed by atoms with Crippen LogP contribution in [0.4, 0.5) is 11.5 Å². The number of hydrogen-bond donors (Lipinski definition) is 0. The molecule has 0 unspecified atom stereocenters. The predicted molar refractivity (Wildman–Crippen MR) is 78.4 cm³/mol. The third kappa shape index (κ3) is 3.65. The third-order valence-electron chi connectivity index (χ3n) is 3.63. The normalized spacial score (nSPS) is 16.3. The standard InChI is InChI=1S/C13H18BrN3O2/c1-16(9-10-5-3-2-4-6-10)13-12(17(18)19)7-11(14)8-15-13/h7-8,10H,2-6,9H2,1H3. The molecular formula is C13H18BrN3O2. The van der Waals surface area contributed by atoms with Crippen LogP contribution >= 0.6 is 15.9 Å². The number of aromatic nitrogens is 1. The maximum atomic E-state index is 11.1. The van der Waals surface area contributed by atoms with Crippen molar-refractivity contribution in [3.8, 4) is 0 Å². The molecule has 0 radical (unpaired) electrons. The molecule has 19 heavy (non-hydrogen) atoms. The lowest BCUT2D eigenvalue weighted by Crippen LogP contribution is -2.28. The molecule has 0 amide bonds. The van der Waals surface area contributed by atoms with Gasteiger partial charge in [0.1, 0.15) is 0 Å². The molecule has 0 spiro atoms.